The molecule has 0 radical (unpaired) electrons. The lowest BCUT2D eigenvalue weighted by Crippen LogP contribution is -2.14. The van der Waals surface area contributed by atoms with Crippen molar-refractivity contribution in [2.24, 2.45) is 0 Å². The fourth-order valence-electron chi connectivity index (χ4n) is 1.23. The molecule has 0 spiro atoms. The van der Waals surface area contributed by atoms with E-state index >= 15 is 0 Å². The van der Waals surface area contributed by atoms with E-state index in [0.717, 1.165) is 17.2 Å². The van der Waals surface area contributed by atoms with E-state index in [2.05, 4.69) is 4.90 Å². The molecule has 1 aromatic carbocycles. The molecule has 5 nitrogen and oxygen atoms in total. The molecule has 0 aliphatic carbocycles. The molecule has 0 amide bonds. The summed E-state index contributed by atoms with van der Waals surface area (Å²) in [6.07, 6.45) is 0.522. The Morgan fingerprint density at radius 1 is 1.47 bits per heavy atom. The van der Waals surface area contributed by atoms with Gasteiger partial charge in [0.1, 0.15) is 0 Å². The summed E-state index contributed by atoms with van der Waals surface area (Å²) in [6.45, 7) is 0.915. The highest BCUT2D eigenvalue weighted by Crippen LogP contribution is 2.24. The molecule has 6 heteroatoms. The van der Waals surface area contributed by atoms with Crippen LogP contribution in [0.4, 0.5) is 5.69 Å². The average molecular weight is 254 g/mol. The largest absolute Gasteiger partial charge is 0.309 e. The molecule has 0 saturated heterocycles. The summed E-state index contributed by atoms with van der Waals surface area (Å²) in [5.41, 5.74) is -0.0122. The monoisotopic (exact) mass is 254 g/mol. The Morgan fingerprint density at radius 2 is 2.18 bits per heavy atom. The van der Waals surface area contributed by atoms with E-state index in [1.807, 2.05) is 14.1 Å². The predicted molar refractivity (Wildman–Crippen MR) is 67.8 cm³/mol. The Kier molecular flexibility index (Phi) is 5.11. The van der Waals surface area contributed by atoms with Crippen LogP contribution in [0.5, 0.6) is 0 Å². The number of carbonyl (C=O) groups excluding carboxylic acids is 1. The minimum Gasteiger partial charge on any atom is -0.309 e. The van der Waals surface area contributed by atoms with Crippen molar-refractivity contribution in [3.05, 3.63) is 33.9 Å². The van der Waals surface area contributed by atoms with Gasteiger partial charge >= 0.3 is 0 Å². The molecule has 1 aromatic rings. The van der Waals surface area contributed by atoms with Crippen LogP contribution in [0.15, 0.2) is 23.1 Å². The number of hydrogen-bond donors (Lipinski definition) is 0. The van der Waals surface area contributed by atoms with E-state index in [0.29, 0.717) is 6.29 Å². The zero-order valence-electron chi connectivity index (χ0n) is 9.75. The fourth-order valence-corrected chi connectivity index (χ4v) is 2.30. The van der Waals surface area contributed by atoms with Crippen molar-refractivity contribution in [3.8, 4) is 0 Å². The number of benzene rings is 1. The van der Waals surface area contributed by atoms with E-state index in [-0.39, 0.29) is 11.3 Å². The van der Waals surface area contributed by atoms with Crippen LogP contribution in [0, 0.1) is 10.1 Å². The fraction of sp³-hybridized carbons (Fsp3) is 0.364. The number of nitro groups is 1. The standard InChI is InChI=1S/C11H14N2O3S/c1-12(2)5-6-17-10-3-4-11(13(15)16)9(7-10)8-14/h3-4,7-8H,5-6H2,1-2H3. The topological polar surface area (TPSA) is 63.4 Å². The number of aldehydes is 1. The quantitative estimate of drug-likeness (QED) is 0.336. The summed E-state index contributed by atoms with van der Waals surface area (Å²) >= 11 is 1.58. The highest BCUT2D eigenvalue weighted by molar-refractivity contribution is 7.99. The number of carbonyl (C=O) groups is 1. The van der Waals surface area contributed by atoms with Gasteiger partial charge in [-0.25, -0.2) is 0 Å². The van der Waals surface area contributed by atoms with E-state index < -0.39 is 4.92 Å². The van der Waals surface area contributed by atoms with Crippen LogP contribution >= 0.6 is 11.8 Å². The number of nitrogens with zero attached hydrogens (tertiary/aromatic N) is 2. The minimum absolute atomic E-state index is 0.129. The van der Waals surface area contributed by atoms with Crippen LogP contribution in [0.25, 0.3) is 0 Å². The molecule has 0 N–H and O–H groups in total. The van der Waals surface area contributed by atoms with Gasteiger partial charge in [0.2, 0.25) is 0 Å². The third-order valence-electron chi connectivity index (χ3n) is 2.13. The molecule has 0 heterocycles. The molecule has 0 saturated carbocycles. The van der Waals surface area contributed by atoms with Crippen LogP contribution in [0.2, 0.25) is 0 Å². The molecule has 0 unspecified atom stereocenters. The molecular weight excluding hydrogens is 240 g/mol. The first kappa shape index (κ1) is 13.7. The van der Waals surface area contributed by atoms with Crippen LogP contribution in [-0.4, -0.2) is 42.5 Å². The Labute approximate surface area is 104 Å². The first-order valence-electron chi connectivity index (χ1n) is 5.05. The first-order chi connectivity index (χ1) is 8.04. The molecule has 0 aliphatic heterocycles. The van der Waals surface area contributed by atoms with Crippen molar-refractivity contribution < 1.29 is 9.72 Å². The second kappa shape index (κ2) is 6.36. The van der Waals surface area contributed by atoms with Gasteiger partial charge in [-0.15, -0.1) is 11.8 Å². The second-order valence-electron chi connectivity index (χ2n) is 3.75. The van der Waals surface area contributed by atoms with Gasteiger partial charge in [0.05, 0.1) is 10.5 Å². The Hall–Kier alpha value is -1.40. The Bertz CT molecular complexity index is 421. The maximum atomic E-state index is 10.7. The summed E-state index contributed by atoms with van der Waals surface area (Å²) in [5, 5.41) is 10.6. The van der Waals surface area contributed by atoms with Gasteiger partial charge in [-0.3, -0.25) is 14.9 Å². The van der Waals surface area contributed by atoms with Crippen molar-refractivity contribution in [2.45, 2.75) is 4.90 Å². The molecule has 1 rings (SSSR count). The lowest BCUT2D eigenvalue weighted by Gasteiger charge is -2.08. The Morgan fingerprint density at radius 3 is 2.71 bits per heavy atom. The van der Waals surface area contributed by atoms with Gasteiger partial charge in [-0.05, 0) is 26.2 Å². The smallest absolute Gasteiger partial charge is 0.279 e. The van der Waals surface area contributed by atoms with Crippen molar-refractivity contribution in [1.29, 1.82) is 0 Å². The van der Waals surface area contributed by atoms with E-state index in [1.165, 1.54) is 6.07 Å². The highest BCUT2D eigenvalue weighted by atomic mass is 32.2. The number of thioether (sulfide) groups is 1. The second-order valence-corrected chi connectivity index (χ2v) is 4.92. The average Bonchev–Trinajstić information content (AvgIpc) is 2.28. The summed E-state index contributed by atoms with van der Waals surface area (Å²) in [7, 11) is 3.96. The molecule has 17 heavy (non-hydrogen) atoms. The van der Waals surface area contributed by atoms with Crippen molar-refractivity contribution in [3.63, 3.8) is 0 Å². The molecule has 0 aromatic heterocycles. The maximum absolute atomic E-state index is 10.7. The lowest BCUT2D eigenvalue weighted by atomic mass is 10.2. The first-order valence-corrected chi connectivity index (χ1v) is 6.04. The van der Waals surface area contributed by atoms with Gasteiger partial charge in [0.15, 0.2) is 6.29 Å². The van der Waals surface area contributed by atoms with Crippen molar-refractivity contribution >= 4 is 23.7 Å². The zero-order chi connectivity index (χ0) is 12.8. The summed E-state index contributed by atoms with van der Waals surface area (Å²) in [5.74, 6) is 0.878. The lowest BCUT2D eigenvalue weighted by molar-refractivity contribution is -0.385. The highest BCUT2D eigenvalue weighted by Gasteiger charge is 2.13. The van der Waals surface area contributed by atoms with Gasteiger partial charge < -0.3 is 4.90 Å². The van der Waals surface area contributed by atoms with Gasteiger partial charge in [0, 0.05) is 23.3 Å². The molecular formula is C11H14N2O3S. The molecule has 0 bridgehead atoms. The minimum atomic E-state index is -0.544. The number of rotatable bonds is 6. The molecule has 92 valence electrons. The van der Waals surface area contributed by atoms with Crippen LogP contribution in [-0.2, 0) is 0 Å². The maximum Gasteiger partial charge on any atom is 0.279 e. The van der Waals surface area contributed by atoms with Crippen LogP contribution in [0.3, 0.4) is 0 Å². The van der Waals surface area contributed by atoms with E-state index in [4.69, 9.17) is 0 Å². The van der Waals surface area contributed by atoms with Gasteiger partial charge in [0.25, 0.3) is 5.69 Å². The van der Waals surface area contributed by atoms with E-state index in [1.54, 1.807) is 23.9 Å². The Balaban J connectivity index is 2.76. The molecule has 0 atom stereocenters. The summed E-state index contributed by atoms with van der Waals surface area (Å²) < 4.78 is 0. The third-order valence-corrected chi connectivity index (χ3v) is 3.10. The zero-order valence-corrected chi connectivity index (χ0v) is 10.6. The van der Waals surface area contributed by atoms with Crippen molar-refractivity contribution in [2.75, 3.05) is 26.4 Å². The molecule has 0 fully saturated rings. The SMILES string of the molecule is CN(C)CCSc1ccc([N+](=O)[O-])c(C=O)c1. The summed E-state index contributed by atoms with van der Waals surface area (Å²) in [4.78, 5) is 23.8. The van der Waals surface area contributed by atoms with Crippen LogP contribution in [0.1, 0.15) is 10.4 Å². The van der Waals surface area contributed by atoms with Gasteiger partial charge in [-0.1, -0.05) is 0 Å². The summed E-state index contributed by atoms with van der Waals surface area (Å²) in [6, 6.07) is 4.61. The number of nitro benzene ring substituents is 1. The van der Waals surface area contributed by atoms with Crippen molar-refractivity contribution in [1.82, 2.24) is 4.90 Å². The van der Waals surface area contributed by atoms with Crippen LogP contribution < -0.4 is 0 Å². The number of hydrogen-bond acceptors (Lipinski definition) is 5. The molecule has 0 aliphatic rings. The van der Waals surface area contributed by atoms with E-state index in [9.17, 15) is 14.9 Å². The normalized spacial score (nSPS) is 10.5. The van der Waals surface area contributed by atoms with Gasteiger partial charge in [-0.2, -0.15) is 0 Å². The predicted octanol–water partition coefficient (Wildman–Crippen LogP) is 2.06. The third kappa shape index (κ3) is 4.16.